The number of benzene rings is 1. The van der Waals surface area contributed by atoms with Gasteiger partial charge in [0.2, 0.25) is 0 Å². The Morgan fingerprint density at radius 2 is 2.00 bits per heavy atom. The lowest BCUT2D eigenvalue weighted by molar-refractivity contribution is -0.274. The van der Waals surface area contributed by atoms with Crippen LogP contribution in [0.3, 0.4) is 0 Å². The van der Waals surface area contributed by atoms with Gasteiger partial charge < -0.3 is 15.2 Å². The first kappa shape index (κ1) is 18.0. The molecule has 0 aliphatic rings. The second-order valence-electron chi connectivity index (χ2n) is 4.69. The lowest BCUT2D eigenvalue weighted by atomic mass is 10.1. The molecule has 0 aliphatic heterocycles. The average molecular weight is 351 g/mol. The highest BCUT2D eigenvalue weighted by Crippen LogP contribution is 2.36. The summed E-state index contributed by atoms with van der Waals surface area (Å²) in [6.07, 6.45) is -4.80. The second-order valence-corrected chi connectivity index (χ2v) is 4.69. The van der Waals surface area contributed by atoms with Crippen LogP contribution in [0, 0.1) is 0 Å². The zero-order valence-corrected chi connectivity index (χ0v) is 12.3. The van der Waals surface area contributed by atoms with Crippen LogP contribution in [0.1, 0.15) is 0 Å². The van der Waals surface area contributed by atoms with E-state index in [9.17, 15) is 22.0 Å². The summed E-state index contributed by atoms with van der Waals surface area (Å²) < 4.78 is 72.3. The minimum Gasteiger partial charge on any atom is -0.488 e. The number of aromatic nitrogens is 2. The monoisotopic (exact) mass is 351 g/mol. The van der Waals surface area contributed by atoms with Gasteiger partial charge in [0.1, 0.15) is 18.1 Å². The van der Waals surface area contributed by atoms with Crippen LogP contribution in [0.2, 0.25) is 0 Å². The molecule has 1 heterocycles. The van der Waals surface area contributed by atoms with E-state index in [0.717, 1.165) is 12.1 Å². The third-order valence-electron chi connectivity index (χ3n) is 2.86. The molecule has 0 bridgehead atoms. The zero-order chi connectivity index (χ0) is 17.7. The summed E-state index contributed by atoms with van der Waals surface area (Å²) in [4.78, 5) is 0. The van der Waals surface area contributed by atoms with Crippen molar-refractivity contribution in [2.45, 2.75) is 19.3 Å². The first-order chi connectivity index (χ1) is 11.3. The first-order valence-corrected chi connectivity index (χ1v) is 6.82. The third kappa shape index (κ3) is 5.08. The van der Waals surface area contributed by atoms with E-state index >= 15 is 0 Å². The summed E-state index contributed by atoms with van der Waals surface area (Å²) in [6, 6.07) is 3.31. The minimum atomic E-state index is -4.90. The molecule has 0 unspecified atom stereocenters. The number of ether oxygens (including phenoxy) is 2. The molecule has 5 nitrogen and oxygen atoms in total. The number of rotatable bonds is 7. The number of nitrogens with two attached hydrogens (primary N) is 1. The fraction of sp³-hybridized carbons (Fsp3) is 0.357. The molecule has 0 fully saturated rings. The Kier molecular flexibility index (Phi) is 5.60. The molecule has 1 aromatic carbocycles. The van der Waals surface area contributed by atoms with Gasteiger partial charge in [-0.05, 0) is 18.2 Å². The van der Waals surface area contributed by atoms with Crippen LogP contribution in [-0.4, -0.2) is 35.7 Å². The van der Waals surface area contributed by atoms with Crippen LogP contribution in [0.15, 0.2) is 30.6 Å². The van der Waals surface area contributed by atoms with E-state index in [4.69, 9.17) is 10.5 Å². The number of halogens is 5. The van der Waals surface area contributed by atoms with Crippen molar-refractivity contribution in [3.8, 4) is 22.6 Å². The Labute approximate surface area is 133 Å². The van der Waals surface area contributed by atoms with Crippen LogP contribution in [-0.2, 0) is 6.54 Å². The Balaban J connectivity index is 2.36. The molecule has 10 heteroatoms. The van der Waals surface area contributed by atoms with Gasteiger partial charge in [0.25, 0.3) is 6.43 Å². The highest BCUT2D eigenvalue weighted by Gasteiger charge is 2.32. The van der Waals surface area contributed by atoms with Crippen LogP contribution in [0.25, 0.3) is 11.1 Å². The summed E-state index contributed by atoms with van der Waals surface area (Å²) in [5, 5.41) is 3.96. The largest absolute Gasteiger partial charge is 0.573 e. The fourth-order valence-electron chi connectivity index (χ4n) is 1.95. The first-order valence-electron chi connectivity index (χ1n) is 6.82. The summed E-state index contributed by atoms with van der Waals surface area (Å²) in [7, 11) is 0. The highest BCUT2D eigenvalue weighted by atomic mass is 19.4. The van der Waals surface area contributed by atoms with Gasteiger partial charge in [0, 0.05) is 23.9 Å². The summed E-state index contributed by atoms with van der Waals surface area (Å²) in [5.41, 5.74) is 5.71. The zero-order valence-electron chi connectivity index (χ0n) is 12.3. The summed E-state index contributed by atoms with van der Waals surface area (Å²) in [5.74, 6) is -0.495. The number of hydrogen-bond acceptors (Lipinski definition) is 4. The van der Waals surface area contributed by atoms with Crippen LogP contribution < -0.4 is 15.2 Å². The number of hydrogen-bond donors (Lipinski definition) is 1. The molecule has 1 aromatic heterocycles. The van der Waals surface area contributed by atoms with Crippen molar-refractivity contribution < 1.29 is 31.4 Å². The lowest BCUT2D eigenvalue weighted by Crippen LogP contribution is -2.17. The molecule has 0 saturated carbocycles. The average Bonchev–Trinajstić information content (AvgIpc) is 2.93. The lowest BCUT2D eigenvalue weighted by Gasteiger charge is -2.14. The molecule has 2 rings (SSSR count). The fourth-order valence-corrected chi connectivity index (χ4v) is 1.95. The molecule has 0 aliphatic carbocycles. The normalized spacial score (nSPS) is 11.8. The van der Waals surface area contributed by atoms with E-state index in [1.165, 1.54) is 23.1 Å². The molecule has 0 saturated heterocycles. The van der Waals surface area contributed by atoms with Crippen molar-refractivity contribution in [3.63, 3.8) is 0 Å². The maximum atomic E-state index is 12.5. The Morgan fingerprint density at radius 3 is 2.62 bits per heavy atom. The van der Waals surface area contributed by atoms with Gasteiger partial charge >= 0.3 is 6.36 Å². The molecular formula is C14H14F5N3O2. The Hall–Kier alpha value is -2.36. The SMILES string of the molecule is NCCn1cc(-c2cc(OCC(F)F)ccc2OC(F)(F)F)cn1. The number of nitrogens with zero attached hydrogens (tertiary/aromatic N) is 2. The topological polar surface area (TPSA) is 62.3 Å². The highest BCUT2D eigenvalue weighted by molar-refractivity contribution is 5.71. The van der Waals surface area contributed by atoms with E-state index in [-0.39, 0.29) is 11.3 Å². The molecule has 2 aromatic rings. The predicted octanol–water partition coefficient (Wildman–Crippen LogP) is 3.05. The van der Waals surface area contributed by atoms with Crippen molar-refractivity contribution in [2.24, 2.45) is 5.73 Å². The van der Waals surface area contributed by atoms with Gasteiger partial charge in [0.05, 0.1) is 12.7 Å². The molecule has 0 radical (unpaired) electrons. The molecule has 24 heavy (non-hydrogen) atoms. The molecular weight excluding hydrogens is 337 g/mol. The van der Waals surface area contributed by atoms with E-state index in [2.05, 4.69) is 9.84 Å². The van der Waals surface area contributed by atoms with Crippen molar-refractivity contribution in [3.05, 3.63) is 30.6 Å². The van der Waals surface area contributed by atoms with E-state index in [0.29, 0.717) is 18.7 Å². The van der Waals surface area contributed by atoms with E-state index < -0.39 is 25.1 Å². The van der Waals surface area contributed by atoms with Crippen molar-refractivity contribution in [1.29, 1.82) is 0 Å². The molecule has 0 spiro atoms. The van der Waals surface area contributed by atoms with Gasteiger partial charge in [-0.15, -0.1) is 13.2 Å². The van der Waals surface area contributed by atoms with Crippen LogP contribution >= 0.6 is 0 Å². The number of alkyl halides is 5. The van der Waals surface area contributed by atoms with Gasteiger partial charge in [-0.25, -0.2) is 8.78 Å². The van der Waals surface area contributed by atoms with E-state index in [1.54, 1.807) is 0 Å². The maximum Gasteiger partial charge on any atom is 0.573 e. The minimum absolute atomic E-state index is 0.00796. The quantitative estimate of drug-likeness (QED) is 0.779. The van der Waals surface area contributed by atoms with Gasteiger partial charge in [-0.3, -0.25) is 4.68 Å². The standard InChI is InChI=1S/C14H14F5N3O2/c15-13(16)8-23-10-1-2-12(24-14(17,18)19)11(5-10)9-6-21-22(7-9)4-3-20/h1-2,5-7,13H,3-4,8,20H2. The molecule has 132 valence electrons. The van der Waals surface area contributed by atoms with Crippen LogP contribution in [0.4, 0.5) is 22.0 Å². The van der Waals surface area contributed by atoms with Gasteiger partial charge in [-0.1, -0.05) is 0 Å². The summed E-state index contributed by atoms with van der Waals surface area (Å²) >= 11 is 0. The molecule has 0 atom stereocenters. The van der Waals surface area contributed by atoms with Crippen LogP contribution in [0.5, 0.6) is 11.5 Å². The van der Waals surface area contributed by atoms with E-state index in [1.807, 2.05) is 0 Å². The Morgan fingerprint density at radius 1 is 1.25 bits per heavy atom. The van der Waals surface area contributed by atoms with Crippen molar-refractivity contribution in [2.75, 3.05) is 13.2 Å². The second kappa shape index (κ2) is 7.47. The van der Waals surface area contributed by atoms with Crippen molar-refractivity contribution in [1.82, 2.24) is 9.78 Å². The smallest absolute Gasteiger partial charge is 0.488 e. The van der Waals surface area contributed by atoms with Crippen molar-refractivity contribution >= 4 is 0 Å². The third-order valence-corrected chi connectivity index (χ3v) is 2.86. The predicted molar refractivity (Wildman–Crippen MR) is 74.9 cm³/mol. The summed E-state index contributed by atoms with van der Waals surface area (Å²) in [6.45, 7) is -0.201. The molecule has 0 amide bonds. The molecule has 2 N–H and O–H groups in total. The van der Waals surface area contributed by atoms with Gasteiger partial charge in [-0.2, -0.15) is 5.10 Å². The Bertz CT molecular complexity index is 673. The maximum absolute atomic E-state index is 12.5. The van der Waals surface area contributed by atoms with Gasteiger partial charge in [0.15, 0.2) is 0 Å².